The van der Waals surface area contributed by atoms with Gasteiger partial charge in [0.2, 0.25) is 5.43 Å². The second-order valence-electron chi connectivity index (χ2n) is 6.78. The number of esters is 1. The number of carbonyl (C=O) groups is 1. The fourth-order valence-electron chi connectivity index (χ4n) is 2.23. The number of fused-ring (bicyclic) bond motifs is 1. The first-order chi connectivity index (χ1) is 11.8. The third kappa shape index (κ3) is 4.53. The number of methoxy groups -OCH3 is 1. The van der Waals surface area contributed by atoms with Gasteiger partial charge in [0.05, 0.1) is 31.2 Å². The van der Waals surface area contributed by atoms with Crippen LogP contribution in [0.1, 0.15) is 38.1 Å². The molecule has 2 rings (SSSR count). The number of carbonyl (C=O) groups excluding carboxylic acids is 1. The Labute approximate surface area is 147 Å². The number of hydrogen-bond donors (Lipinski definition) is 1. The largest absolute Gasteiger partial charge is 0.489 e. The van der Waals surface area contributed by atoms with E-state index in [0.29, 0.717) is 47.5 Å². The van der Waals surface area contributed by atoms with Crippen LogP contribution in [-0.2, 0) is 4.74 Å². The van der Waals surface area contributed by atoms with Crippen molar-refractivity contribution in [3.63, 3.8) is 0 Å². The SMILES string of the molecule is COC(=O)c1c[nH]c2cc(OCC(C)C)c(OCC(C)C)cc2c1=O. The molecule has 136 valence electrons. The Morgan fingerprint density at radius 1 is 1.04 bits per heavy atom. The first-order valence-electron chi connectivity index (χ1n) is 8.36. The maximum Gasteiger partial charge on any atom is 0.343 e. The van der Waals surface area contributed by atoms with E-state index < -0.39 is 11.4 Å². The van der Waals surface area contributed by atoms with E-state index in [1.165, 1.54) is 13.3 Å². The Balaban J connectivity index is 2.53. The van der Waals surface area contributed by atoms with E-state index in [9.17, 15) is 9.59 Å². The van der Waals surface area contributed by atoms with Crippen molar-refractivity contribution in [1.29, 1.82) is 0 Å². The van der Waals surface area contributed by atoms with Crippen molar-refractivity contribution in [1.82, 2.24) is 4.98 Å². The Kier molecular flexibility index (Phi) is 6.07. The molecule has 0 aliphatic carbocycles. The van der Waals surface area contributed by atoms with Gasteiger partial charge in [-0.1, -0.05) is 27.7 Å². The molecule has 0 saturated carbocycles. The van der Waals surface area contributed by atoms with Crippen molar-refractivity contribution in [2.75, 3.05) is 20.3 Å². The molecule has 0 radical (unpaired) electrons. The number of aromatic nitrogens is 1. The fraction of sp³-hybridized carbons (Fsp3) is 0.474. The zero-order valence-corrected chi connectivity index (χ0v) is 15.3. The summed E-state index contributed by atoms with van der Waals surface area (Å²) in [4.78, 5) is 27.3. The molecule has 1 N–H and O–H groups in total. The molecule has 0 unspecified atom stereocenters. The van der Waals surface area contributed by atoms with Crippen LogP contribution in [0.15, 0.2) is 23.1 Å². The van der Waals surface area contributed by atoms with Gasteiger partial charge in [0.1, 0.15) is 5.56 Å². The lowest BCUT2D eigenvalue weighted by atomic mass is 10.1. The standard InChI is InChI=1S/C19H25NO5/c1-11(2)9-24-16-6-13-15(7-17(16)25-10-12(3)4)20-8-14(18(13)21)19(22)23-5/h6-8,11-12H,9-10H2,1-5H3,(H,20,21). The first kappa shape index (κ1) is 18.8. The van der Waals surface area contributed by atoms with Crippen LogP contribution in [0.3, 0.4) is 0 Å². The topological polar surface area (TPSA) is 77.6 Å². The van der Waals surface area contributed by atoms with Crippen LogP contribution in [0, 0.1) is 11.8 Å². The van der Waals surface area contributed by atoms with E-state index >= 15 is 0 Å². The van der Waals surface area contributed by atoms with Crippen molar-refractivity contribution < 1.29 is 19.0 Å². The molecule has 25 heavy (non-hydrogen) atoms. The summed E-state index contributed by atoms with van der Waals surface area (Å²) in [6.07, 6.45) is 1.36. The summed E-state index contributed by atoms with van der Waals surface area (Å²) in [6.45, 7) is 9.22. The molecule has 0 spiro atoms. The summed E-state index contributed by atoms with van der Waals surface area (Å²) in [5, 5.41) is 0.360. The maximum atomic E-state index is 12.6. The van der Waals surface area contributed by atoms with Crippen LogP contribution in [-0.4, -0.2) is 31.3 Å². The molecular weight excluding hydrogens is 322 g/mol. The van der Waals surface area contributed by atoms with E-state index in [0.717, 1.165) is 0 Å². The lowest BCUT2D eigenvalue weighted by Crippen LogP contribution is -2.17. The van der Waals surface area contributed by atoms with Crippen molar-refractivity contribution in [3.8, 4) is 11.5 Å². The molecule has 2 aromatic rings. The van der Waals surface area contributed by atoms with E-state index in [-0.39, 0.29) is 5.56 Å². The first-order valence-corrected chi connectivity index (χ1v) is 8.36. The molecule has 0 bridgehead atoms. The quantitative estimate of drug-likeness (QED) is 0.777. The highest BCUT2D eigenvalue weighted by molar-refractivity contribution is 5.94. The van der Waals surface area contributed by atoms with Gasteiger partial charge < -0.3 is 19.2 Å². The molecule has 6 nitrogen and oxygen atoms in total. The Morgan fingerprint density at radius 2 is 1.60 bits per heavy atom. The van der Waals surface area contributed by atoms with E-state index in [4.69, 9.17) is 9.47 Å². The highest BCUT2D eigenvalue weighted by atomic mass is 16.5. The summed E-state index contributed by atoms with van der Waals surface area (Å²) in [6, 6.07) is 3.36. The van der Waals surface area contributed by atoms with Gasteiger partial charge in [-0.2, -0.15) is 0 Å². The number of aromatic amines is 1. The molecule has 0 atom stereocenters. The lowest BCUT2D eigenvalue weighted by Gasteiger charge is -2.16. The van der Waals surface area contributed by atoms with Gasteiger partial charge in [-0.25, -0.2) is 4.79 Å². The fourth-order valence-corrected chi connectivity index (χ4v) is 2.23. The smallest absolute Gasteiger partial charge is 0.343 e. The number of rotatable bonds is 7. The molecule has 0 saturated heterocycles. The van der Waals surface area contributed by atoms with Gasteiger partial charge in [-0.15, -0.1) is 0 Å². The van der Waals surface area contributed by atoms with Crippen LogP contribution in [0.4, 0.5) is 0 Å². The maximum absolute atomic E-state index is 12.6. The number of H-pyrrole nitrogens is 1. The van der Waals surface area contributed by atoms with Crippen LogP contribution in [0.25, 0.3) is 10.9 Å². The van der Waals surface area contributed by atoms with Crippen molar-refractivity contribution >= 4 is 16.9 Å². The minimum absolute atomic E-state index is 0.0411. The van der Waals surface area contributed by atoms with Crippen molar-refractivity contribution in [3.05, 3.63) is 34.1 Å². The second-order valence-corrected chi connectivity index (χ2v) is 6.78. The minimum atomic E-state index is -0.673. The number of benzene rings is 1. The summed E-state index contributed by atoms with van der Waals surface area (Å²) < 4.78 is 16.3. The molecule has 0 aliphatic rings. The highest BCUT2D eigenvalue weighted by Gasteiger charge is 2.17. The zero-order valence-electron chi connectivity index (χ0n) is 15.3. The van der Waals surface area contributed by atoms with E-state index in [2.05, 4.69) is 23.6 Å². The molecule has 0 amide bonds. The predicted molar refractivity (Wildman–Crippen MR) is 96.6 cm³/mol. The highest BCUT2D eigenvalue weighted by Crippen LogP contribution is 2.31. The van der Waals surface area contributed by atoms with E-state index in [1.54, 1.807) is 12.1 Å². The summed E-state index contributed by atoms with van der Waals surface area (Å²) in [5.41, 5.74) is 0.138. The second kappa shape index (κ2) is 8.05. The monoisotopic (exact) mass is 347 g/mol. The van der Waals surface area contributed by atoms with E-state index in [1.807, 2.05) is 13.8 Å². The molecule has 6 heteroatoms. The molecular formula is C19H25NO5. The normalized spacial score (nSPS) is 11.2. The van der Waals surface area contributed by atoms with Crippen molar-refractivity contribution in [2.45, 2.75) is 27.7 Å². The summed E-state index contributed by atoms with van der Waals surface area (Å²) in [7, 11) is 1.24. The van der Waals surface area contributed by atoms with Gasteiger partial charge in [-0.05, 0) is 17.9 Å². The van der Waals surface area contributed by atoms with Crippen LogP contribution in [0.5, 0.6) is 11.5 Å². The average molecular weight is 347 g/mol. The van der Waals surface area contributed by atoms with Gasteiger partial charge in [0.15, 0.2) is 11.5 Å². The van der Waals surface area contributed by atoms with Gasteiger partial charge >= 0.3 is 5.97 Å². The molecule has 1 aromatic carbocycles. The number of ether oxygens (including phenoxy) is 3. The van der Waals surface area contributed by atoms with Gasteiger partial charge in [-0.3, -0.25) is 4.79 Å². The average Bonchev–Trinajstić information content (AvgIpc) is 2.57. The van der Waals surface area contributed by atoms with Crippen LogP contribution < -0.4 is 14.9 Å². The van der Waals surface area contributed by atoms with Gasteiger partial charge in [0, 0.05) is 12.3 Å². The number of hydrogen-bond acceptors (Lipinski definition) is 5. The van der Waals surface area contributed by atoms with Crippen LogP contribution in [0.2, 0.25) is 0 Å². The Morgan fingerprint density at radius 3 is 2.12 bits per heavy atom. The molecule has 0 aliphatic heterocycles. The summed E-state index contributed by atoms with van der Waals surface area (Å²) in [5.74, 6) is 1.08. The molecule has 0 fully saturated rings. The number of pyridine rings is 1. The third-order valence-corrected chi connectivity index (χ3v) is 3.49. The third-order valence-electron chi connectivity index (χ3n) is 3.49. The predicted octanol–water partition coefficient (Wildman–Crippen LogP) is 3.38. The Hall–Kier alpha value is -2.50. The minimum Gasteiger partial charge on any atom is -0.489 e. The summed E-state index contributed by atoms with van der Waals surface area (Å²) >= 11 is 0. The lowest BCUT2D eigenvalue weighted by molar-refractivity contribution is 0.0599. The van der Waals surface area contributed by atoms with Crippen molar-refractivity contribution in [2.24, 2.45) is 11.8 Å². The molecule has 1 heterocycles. The number of nitrogens with one attached hydrogen (secondary N) is 1. The van der Waals surface area contributed by atoms with Crippen LogP contribution >= 0.6 is 0 Å². The molecule has 1 aromatic heterocycles. The van der Waals surface area contributed by atoms with Gasteiger partial charge in [0.25, 0.3) is 0 Å². The Bertz CT molecular complexity index is 807. The zero-order chi connectivity index (χ0) is 18.6.